The molecular weight excluding hydrogens is 364 g/mol. The number of imidazole rings is 1. The van der Waals surface area contributed by atoms with E-state index in [4.69, 9.17) is 4.74 Å². The van der Waals surface area contributed by atoms with Gasteiger partial charge in [-0.15, -0.1) is 0 Å². The normalized spacial score (nSPS) is 10.7. The van der Waals surface area contributed by atoms with Gasteiger partial charge in [0.25, 0.3) is 5.56 Å². The van der Waals surface area contributed by atoms with Crippen LogP contribution in [0, 0.1) is 6.92 Å². The molecular formula is C18H22N6O2S. The Morgan fingerprint density at radius 3 is 2.89 bits per heavy atom. The summed E-state index contributed by atoms with van der Waals surface area (Å²) in [4.78, 5) is 31.0. The van der Waals surface area contributed by atoms with E-state index in [-0.39, 0.29) is 5.56 Å². The lowest BCUT2D eigenvalue weighted by molar-refractivity contribution is 0.408. The van der Waals surface area contributed by atoms with E-state index < -0.39 is 0 Å². The minimum atomic E-state index is -0.181. The van der Waals surface area contributed by atoms with Crippen LogP contribution in [0.3, 0.4) is 0 Å². The molecule has 142 valence electrons. The second-order valence-electron chi connectivity index (χ2n) is 5.87. The molecule has 0 aliphatic heterocycles. The summed E-state index contributed by atoms with van der Waals surface area (Å²) in [6.45, 7) is 2.71. The van der Waals surface area contributed by atoms with Crippen molar-refractivity contribution in [2.24, 2.45) is 0 Å². The molecule has 3 aromatic heterocycles. The lowest BCUT2D eigenvalue weighted by Crippen LogP contribution is -2.18. The van der Waals surface area contributed by atoms with Gasteiger partial charge in [0, 0.05) is 48.1 Å². The largest absolute Gasteiger partial charge is 0.495 e. The molecule has 3 aromatic rings. The van der Waals surface area contributed by atoms with Crippen LogP contribution in [0.4, 0.5) is 5.95 Å². The molecule has 0 fully saturated rings. The van der Waals surface area contributed by atoms with Crippen molar-refractivity contribution in [3.05, 3.63) is 63.9 Å². The van der Waals surface area contributed by atoms with E-state index in [1.165, 1.54) is 0 Å². The van der Waals surface area contributed by atoms with Gasteiger partial charge in [-0.3, -0.25) is 14.8 Å². The van der Waals surface area contributed by atoms with Crippen LogP contribution in [-0.4, -0.2) is 44.3 Å². The number of hydrogen-bond acceptors (Lipinski definition) is 7. The standard InChI is InChI=1S/C18H22N6O2S/c1-12-15(23-11-22-12)10-27-7-6-20-18-21-9-13(17(25)24-18)8-14-16(26-2)4-3-5-19-14/h3-5,9,11H,6-8,10H2,1-2H3,(H,22,23)(H2,20,21,24,25). The lowest BCUT2D eigenvalue weighted by Gasteiger charge is -2.08. The topological polar surface area (TPSA) is 109 Å². The van der Waals surface area contributed by atoms with E-state index in [1.54, 1.807) is 43.7 Å². The molecule has 0 spiro atoms. The van der Waals surface area contributed by atoms with Crippen LogP contribution in [-0.2, 0) is 12.2 Å². The predicted molar refractivity (Wildman–Crippen MR) is 106 cm³/mol. The second kappa shape index (κ2) is 9.22. The number of pyridine rings is 1. The third kappa shape index (κ3) is 5.10. The first-order chi connectivity index (χ1) is 13.2. The Kier molecular flexibility index (Phi) is 6.48. The van der Waals surface area contributed by atoms with Crippen LogP contribution in [0.5, 0.6) is 5.75 Å². The molecule has 8 nitrogen and oxygen atoms in total. The summed E-state index contributed by atoms with van der Waals surface area (Å²) < 4.78 is 5.28. The maximum atomic E-state index is 12.3. The average molecular weight is 386 g/mol. The summed E-state index contributed by atoms with van der Waals surface area (Å²) in [6, 6.07) is 3.62. The Hall–Kier alpha value is -2.81. The van der Waals surface area contributed by atoms with E-state index in [2.05, 4.69) is 30.2 Å². The highest BCUT2D eigenvalue weighted by atomic mass is 32.2. The quantitative estimate of drug-likeness (QED) is 0.484. The highest BCUT2D eigenvalue weighted by Gasteiger charge is 2.09. The van der Waals surface area contributed by atoms with Crippen LogP contribution < -0.4 is 15.6 Å². The molecule has 0 amide bonds. The average Bonchev–Trinajstić information content (AvgIpc) is 3.09. The molecule has 0 saturated heterocycles. The molecule has 0 aliphatic carbocycles. The van der Waals surface area contributed by atoms with Crippen LogP contribution in [0.2, 0.25) is 0 Å². The SMILES string of the molecule is COc1cccnc1Cc1cnc(NCCSCc2nc[nH]c2C)[nH]c1=O. The van der Waals surface area contributed by atoms with Crippen LogP contribution >= 0.6 is 11.8 Å². The molecule has 0 saturated carbocycles. The molecule has 3 rings (SSSR count). The summed E-state index contributed by atoms with van der Waals surface area (Å²) in [5.41, 5.74) is 3.24. The number of nitrogens with one attached hydrogen (secondary N) is 3. The van der Waals surface area contributed by atoms with Gasteiger partial charge in [0.1, 0.15) is 5.75 Å². The van der Waals surface area contributed by atoms with Gasteiger partial charge in [-0.05, 0) is 19.1 Å². The van der Waals surface area contributed by atoms with E-state index in [0.29, 0.717) is 35.9 Å². The highest BCUT2D eigenvalue weighted by molar-refractivity contribution is 7.98. The maximum Gasteiger partial charge on any atom is 0.255 e. The zero-order valence-corrected chi connectivity index (χ0v) is 16.1. The molecule has 3 N–H and O–H groups in total. The van der Waals surface area contributed by atoms with E-state index in [9.17, 15) is 4.79 Å². The summed E-state index contributed by atoms with van der Waals surface area (Å²) in [7, 11) is 1.58. The van der Waals surface area contributed by atoms with E-state index >= 15 is 0 Å². The molecule has 0 atom stereocenters. The van der Waals surface area contributed by atoms with Crippen molar-refractivity contribution in [2.45, 2.75) is 19.1 Å². The number of aryl methyl sites for hydroxylation is 1. The Labute approximate surface area is 161 Å². The maximum absolute atomic E-state index is 12.3. The monoisotopic (exact) mass is 386 g/mol. The van der Waals surface area contributed by atoms with Crippen molar-refractivity contribution in [3.8, 4) is 5.75 Å². The number of anilines is 1. The smallest absolute Gasteiger partial charge is 0.255 e. The number of H-pyrrole nitrogens is 2. The summed E-state index contributed by atoms with van der Waals surface area (Å²) in [5, 5.41) is 3.14. The van der Waals surface area contributed by atoms with Gasteiger partial charge in [0.15, 0.2) is 0 Å². The second-order valence-corrected chi connectivity index (χ2v) is 6.97. The van der Waals surface area contributed by atoms with E-state index in [1.807, 2.05) is 13.0 Å². The van der Waals surface area contributed by atoms with Crippen molar-refractivity contribution in [1.82, 2.24) is 24.9 Å². The van der Waals surface area contributed by atoms with Crippen LogP contribution in [0.15, 0.2) is 35.6 Å². The van der Waals surface area contributed by atoms with Crippen LogP contribution in [0.1, 0.15) is 22.6 Å². The lowest BCUT2D eigenvalue weighted by atomic mass is 10.1. The zero-order valence-electron chi connectivity index (χ0n) is 15.3. The summed E-state index contributed by atoms with van der Waals surface area (Å²) in [6.07, 6.45) is 5.33. The number of thioether (sulfide) groups is 1. The van der Waals surface area contributed by atoms with Gasteiger partial charge in [0.2, 0.25) is 5.95 Å². The Morgan fingerprint density at radius 1 is 1.26 bits per heavy atom. The summed E-state index contributed by atoms with van der Waals surface area (Å²) in [5.74, 6) is 2.85. The highest BCUT2D eigenvalue weighted by Crippen LogP contribution is 2.17. The minimum absolute atomic E-state index is 0.181. The summed E-state index contributed by atoms with van der Waals surface area (Å²) >= 11 is 1.77. The van der Waals surface area contributed by atoms with Crippen molar-refractivity contribution in [2.75, 3.05) is 24.7 Å². The van der Waals surface area contributed by atoms with Gasteiger partial charge >= 0.3 is 0 Å². The number of aromatic nitrogens is 5. The first-order valence-electron chi connectivity index (χ1n) is 8.54. The number of hydrogen-bond donors (Lipinski definition) is 3. The number of aromatic amines is 2. The Morgan fingerprint density at radius 2 is 2.15 bits per heavy atom. The molecule has 3 heterocycles. The Balaban J connectivity index is 1.51. The third-order valence-electron chi connectivity index (χ3n) is 4.01. The molecule has 0 aromatic carbocycles. The van der Waals surface area contributed by atoms with Crippen LogP contribution in [0.25, 0.3) is 0 Å². The zero-order chi connectivity index (χ0) is 19.1. The number of rotatable bonds is 9. The predicted octanol–water partition coefficient (Wildman–Crippen LogP) is 2.14. The van der Waals surface area contributed by atoms with Crippen molar-refractivity contribution >= 4 is 17.7 Å². The number of ether oxygens (including phenoxy) is 1. The fourth-order valence-electron chi connectivity index (χ4n) is 2.50. The molecule has 0 radical (unpaired) electrons. The van der Waals surface area contributed by atoms with Crippen molar-refractivity contribution in [3.63, 3.8) is 0 Å². The molecule has 0 unspecified atom stereocenters. The third-order valence-corrected chi connectivity index (χ3v) is 4.98. The first kappa shape index (κ1) is 19.0. The fraction of sp³-hybridized carbons (Fsp3) is 0.333. The molecule has 9 heteroatoms. The van der Waals surface area contributed by atoms with Gasteiger partial charge in [-0.25, -0.2) is 9.97 Å². The number of methoxy groups -OCH3 is 1. The fourth-order valence-corrected chi connectivity index (χ4v) is 3.38. The van der Waals surface area contributed by atoms with Gasteiger partial charge in [0.05, 0.1) is 24.8 Å². The first-order valence-corrected chi connectivity index (χ1v) is 9.69. The van der Waals surface area contributed by atoms with Crippen molar-refractivity contribution < 1.29 is 4.74 Å². The van der Waals surface area contributed by atoms with Gasteiger partial charge < -0.3 is 15.0 Å². The Bertz CT molecular complexity index is 939. The van der Waals surface area contributed by atoms with Gasteiger partial charge in [-0.2, -0.15) is 11.8 Å². The minimum Gasteiger partial charge on any atom is -0.495 e. The van der Waals surface area contributed by atoms with Crippen molar-refractivity contribution in [1.29, 1.82) is 0 Å². The van der Waals surface area contributed by atoms with E-state index in [0.717, 1.165) is 22.9 Å². The molecule has 27 heavy (non-hydrogen) atoms. The molecule has 0 bridgehead atoms. The van der Waals surface area contributed by atoms with Gasteiger partial charge in [-0.1, -0.05) is 0 Å². The molecule has 0 aliphatic rings. The number of nitrogens with zero attached hydrogens (tertiary/aromatic N) is 3.